The molecule has 1 aromatic heterocycles. The number of hydrogen-bond donors (Lipinski definition) is 1. The number of aryl methyl sites for hydroxylation is 2. The van der Waals surface area contributed by atoms with Gasteiger partial charge in [0.1, 0.15) is 5.82 Å². The van der Waals surface area contributed by atoms with Crippen molar-refractivity contribution in [1.82, 2.24) is 4.98 Å². The Labute approximate surface area is 115 Å². The third-order valence-corrected chi connectivity index (χ3v) is 3.07. The van der Waals surface area contributed by atoms with E-state index >= 15 is 0 Å². The molecule has 0 aliphatic rings. The zero-order valence-electron chi connectivity index (χ0n) is 11.6. The molecule has 1 heterocycles. The Hall–Kier alpha value is -1.87. The van der Waals surface area contributed by atoms with Crippen LogP contribution < -0.4 is 10.6 Å². The van der Waals surface area contributed by atoms with E-state index in [9.17, 15) is 0 Å². The molecule has 0 saturated carbocycles. The van der Waals surface area contributed by atoms with E-state index in [0.717, 1.165) is 18.8 Å². The van der Waals surface area contributed by atoms with Gasteiger partial charge in [0.25, 0.3) is 0 Å². The summed E-state index contributed by atoms with van der Waals surface area (Å²) in [5.74, 6) is 0.977. The second kappa shape index (κ2) is 6.34. The second-order valence-corrected chi connectivity index (χ2v) is 4.83. The highest BCUT2D eigenvalue weighted by molar-refractivity contribution is 5.60. The van der Waals surface area contributed by atoms with Crippen molar-refractivity contribution in [2.75, 3.05) is 18.0 Å². The van der Waals surface area contributed by atoms with Gasteiger partial charge in [-0.1, -0.05) is 18.2 Å². The molecule has 3 heteroatoms. The highest BCUT2D eigenvalue weighted by atomic mass is 15.2. The van der Waals surface area contributed by atoms with Gasteiger partial charge in [-0.25, -0.2) is 4.98 Å². The van der Waals surface area contributed by atoms with E-state index < -0.39 is 0 Å². The Balaban J connectivity index is 2.32. The molecule has 2 rings (SSSR count). The third kappa shape index (κ3) is 3.55. The van der Waals surface area contributed by atoms with Crippen LogP contribution in [0.4, 0.5) is 11.5 Å². The predicted octanol–water partition coefficient (Wildman–Crippen LogP) is 3.19. The average Bonchev–Trinajstić information content (AvgIpc) is 2.41. The van der Waals surface area contributed by atoms with E-state index in [0.29, 0.717) is 6.54 Å². The van der Waals surface area contributed by atoms with Crippen LogP contribution in [0.2, 0.25) is 0 Å². The van der Waals surface area contributed by atoms with Crippen molar-refractivity contribution in [3.63, 3.8) is 0 Å². The number of aromatic nitrogens is 1. The van der Waals surface area contributed by atoms with Crippen LogP contribution in [0.5, 0.6) is 0 Å². The summed E-state index contributed by atoms with van der Waals surface area (Å²) >= 11 is 0. The van der Waals surface area contributed by atoms with Crippen molar-refractivity contribution < 1.29 is 0 Å². The molecule has 0 atom stereocenters. The van der Waals surface area contributed by atoms with Crippen LogP contribution in [0.1, 0.15) is 17.5 Å². The number of benzene rings is 1. The standard InChI is InChI=1S/C16H21N3/c1-13-5-3-6-15(11-13)19(10-4-9-17)16-8-7-14(2)12-18-16/h3,5-8,11-12H,4,9-10,17H2,1-2H3. The minimum absolute atomic E-state index is 0.689. The first-order valence-electron chi connectivity index (χ1n) is 6.67. The Kier molecular flexibility index (Phi) is 4.53. The van der Waals surface area contributed by atoms with Crippen LogP contribution >= 0.6 is 0 Å². The topological polar surface area (TPSA) is 42.1 Å². The molecule has 0 spiro atoms. The maximum atomic E-state index is 5.64. The molecule has 0 amide bonds. The summed E-state index contributed by atoms with van der Waals surface area (Å²) in [4.78, 5) is 6.74. The fourth-order valence-corrected chi connectivity index (χ4v) is 2.04. The molecular weight excluding hydrogens is 234 g/mol. The summed E-state index contributed by atoms with van der Waals surface area (Å²) in [6.45, 7) is 5.73. The van der Waals surface area contributed by atoms with Crippen LogP contribution in [-0.2, 0) is 0 Å². The highest BCUT2D eigenvalue weighted by Gasteiger charge is 2.09. The second-order valence-electron chi connectivity index (χ2n) is 4.83. The Morgan fingerprint density at radius 2 is 1.95 bits per heavy atom. The summed E-state index contributed by atoms with van der Waals surface area (Å²) in [6.07, 6.45) is 2.85. The number of pyridine rings is 1. The Morgan fingerprint density at radius 3 is 2.58 bits per heavy atom. The summed E-state index contributed by atoms with van der Waals surface area (Å²) in [5.41, 5.74) is 9.24. The van der Waals surface area contributed by atoms with Crippen LogP contribution in [0.25, 0.3) is 0 Å². The zero-order valence-corrected chi connectivity index (χ0v) is 11.6. The lowest BCUT2D eigenvalue weighted by atomic mass is 10.2. The van der Waals surface area contributed by atoms with E-state index in [1.165, 1.54) is 16.8 Å². The first kappa shape index (κ1) is 13.6. The number of nitrogens with zero attached hydrogens (tertiary/aromatic N) is 2. The number of hydrogen-bond acceptors (Lipinski definition) is 3. The summed E-state index contributed by atoms with van der Waals surface area (Å²) in [7, 11) is 0. The largest absolute Gasteiger partial charge is 0.330 e. The fourth-order valence-electron chi connectivity index (χ4n) is 2.04. The molecule has 0 saturated heterocycles. The number of nitrogens with two attached hydrogens (primary N) is 1. The molecule has 0 radical (unpaired) electrons. The van der Waals surface area contributed by atoms with E-state index in [1.807, 2.05) is 13.1 Å². The number of anilines is 2. The van der Waals surface area contributed by atoms with Gasteiger partial charge in [0.2, 0.25) is 0 Å². The van der Waals surface area contributed by atoms with Crippen LogP contribution in [0, 0.1) is 13.8 Å². The van der Waals surface area contributed by atoms with E-state index in [-0.39, 0.29) is 0 Å². The molecule has 0 unspecified atom stereocenters. The van der Waals surface area contributed by atoms with Gasteiger partial charge in [-0.15, -0.1) is 0 Å². The van der Waals surface area contributed by atoms with Crippen LogP contribution in [-0.4, -0.2) is 18.1 Å². The van der Waals surface area contributed by atoms with Gasteiger partial charge in [0, 0.05) is 18.4 Å². The normalized spacial score (nSPS) is 10.5. The van der Waals surface area contributed by atoms with Gasteiger partial charge in [-0.2, -0.15) is 0 Å². The minimum Gasteiger partial charge on any atom is -0.330 e. The highest BCUT2D eigenvalue weighted by Crippen LogP contribution is 2.24. The molecule has 0 aliphatic carbocycles. The smallest absolute Gasteiger partial charge is 0.132 e. The fraction of sp³-hybridized carbons (Fsp3) is 0.312. The monoisotopic (exact) mass is 255 g/mol. The van der Waals surface area contributed by atoms with Gasteiger partial charge in [-0.05, 0) is 56.1 Å². The first-order valence-corrected chi connectivity index (χ1v) is 6.67. The lowest BCUT2D eigenvalue weighted by molar-refractivity contribution is 0.809. The molecule has 100 valence electrons. The Bertz CT molecular complexity index is 520. The minimum atomic E-state index is 0.689. The van der Waals surface area contributed by atoms with Gasteiger partial charge in [0.05, 0.1) is 0 Å². The van der Waals surface area contributed by atoms with Gasteiger partial charge >= 0.3 is 0 Å². The molecule has 19 heavy (non-hydrogen) atoms. The average molecular weight is 255 g/mol. The SMILES string of the molecule is Cc1ccc(N(CCCN)c2cccc(C)c2)nc1. The third-order valence-electron chi connectivity index (χ3n) is 3.07. The van der Waals surface area contributed by atoms with Crippen molar-refractivity contribution in [1.29, 1.82) is 0 Å². The quantitative estimate of drug-likeness (QED) is 0.892. The summed E-state index contributed by atoms with van der Waals surface area (Å²) in [6, 6.07) is 12.6. The van der Waals surface area contributed by atoms with E-state index in [1.54, 1.807) is 0 Å². The molecule has 3 nitrogen and oxygen atoms in total. The van der Waals surface area contributed by atoms with Crippen molar-refractivity contribution in [3.05, 3.63) is 53.7 Å². The summed E-state index contributed by atoms with van der Waals surface area (Å²) in [5, 5.41) is 0. The number of rotatable bonds is 5. The summed E-state index contributed by atoms with van der Waals surface area (Å²) < 4.78 is 0. The van der Waals surface area contributed by atoms with Crippen molar-refractivity contribution in [2.24, 2.45) is 5.73 Å². The Morgan fingerprint density at radius 1 is 1.11 bits per heavy atom. The molecule has 2 aromatic rings. The van der Waals surface area contributed by atoms with E-state index in [2.05, 4.69) is 53.2 Å². The predicted molar refractivity (Wildman–Crippen MR) is 80.8 cm³/mol. The van der Waals surface area contributed by atoms with Gasteiger partial charge in [-0.3, -0.25) is 0 Å². The van der Waals surface area contributed by atoms with Gasteiger partial charge < -0.3 is 10.6 Å². The lowest BCUT2D eigenvalue weighted by Crippen LogP contribution is -2.21. The van der Waals surface area contributed by atoms with Gasteiger partial charge in [0.15, 0.2) is 0 Å². The van der Waals surface area contributed by atoms with Crippen LogP contribution in [0.3, 0.4) is 0 Å². The van der Waals surface area contributed by atoms with Crippen molar-refractivity contribution in [3.8, 4) is 0 Å². The maximum absolute atomic E-state index is 5.64. The van der Waals surface area contributed by atoms with Crippen molar-refractivity contribution in [2.45, 2.75) is 20.3 Å². The van der Waals surface area contributed by atoms with E-state index in [4.69, 9.17) is 5.73 Å². The molecule has 0 bridgehead atoms. The lowest BCUT2D eigenvalue weighted by Gasteiger charge is -2.24. The molecule has 1 aromatic carbocycles. The maximum Gasteiger partial charge on any atom is 0.132 e. The molecule has 0 fully saturated rings. The van der Waals surface area contributed by atoms with Crippen molar-refractivity contribution >= 4 is 11.5 Å². The molecule has 2 N–H and O–H groups in total. The van der Waals surface area contributed by atoms with Crippen LogP contribution in [0.15, 0.2) is 42.6 Å². The zero-order chi connectivity index (χ0) is 13.7. The molecular formula is C16H21N3. The first-order chi connectivity index (χ1) is 9.20. The molecule has 0 aliphatic heterocycles.